The number of aromatic nitrogens is 1. The molecule has 0 fully saturated rings. The lowest BCUT2D eigenvalue weighted by atomic mass is 10.3. The van der Waals surface area contributed by atoms with Gasteiger partial charge >= 0.3 is 0 Å². The van der Waals surface area contributed by atoms with Crippen LogP contribution in [0.1, 0.15) is 31.2 Å². The Morgan fingerprint density at radius 2 is 2.08 bits per heavy atom. The first-order chi connectivity index (χ1) is 5.59. The van der Waals surface area contributed by atoms with Crippen molar-refractivity contribution < 1.29 is 4.42 Å². The number of nitrogens with one attached hydrogen (secondary N) is 1. The summed E-state index contributed by atoms with van der Waals surface area (Å²) in [5.74, 6) is 1.69. The summed E-state index contributed by atoms with van der Waals surface area (Å²) in [5.41, 5.74) is 0.987. The highest BCUT2D eigenvalue weighted by molar-refractivity contribution is 5.06. The smallest absolute Gasteiger partial charge is 0.191 e. The third-order valence-electron chi connectivity index (χ3n) is 1.67. The van der Waals surface area contributed by atoms with E-state index in [-0.39, 0.29) is 0 Å². The van der Waals surface area contributed by atoms with Gasteiger partial charge < -0.3 is 9.73 Å². The van der Waals surface area contributed by atoms with Gasteiger partial charge in [-0.3, -0.25) is 0 Å². The van der Waals surface area contributed by atoms with E-state index >= 15 is 0 Å². The number of aryl methyl sites for hydroxylation is 2. The van der Waals surface area contributed by atoms with Crippen LogP contribution in [-0.4, -0.2) is 11.0 Å². The Hall–Kier alpha value is -0.830. The van der Waals surface area contributed by atoms with E-state index in [1.54, 1.807) is 0 Å². The molecule has 1 rings (SSSR count). The molecule has 0 bridgehead atoms. The van der Waals surface area contributed by atoms with Crippen molar-refractivity contribution in [2.45, 2.75) is 40.3 Å². The fourth-order valence-corrected chi connectivity index (χ4v) is 1.03. The molecule has 0 aromatic carbocycles. The lowest BCUT2D eigenvalue weighted by Crippen LogP contribution is -2.21. The number of hydrogen-bond donors (Lipinski definition) is 1. The van der Waals surface area contributed by atoms with Gasteiger partial charge in [-0.05, 0) is 6.92 Å². The first-order valence-corrected chi connectivity index (χ1v) is 4.26. The molecule has 0 radical (unpaired) electrons. The standard InChI is InChI=1S/C9H16N2O/c1-6(2)10-5-9-7(3)11-8(4)12-9/h6,10H,5H2,1-4H3. The maximum absolute atomic E-state index is 5.39. The Kier molecular flexibility index (Phi) is 2.87. The van der Waals surface area contributed by atoms with Crippen LogP contribution in [0.5, 0.6) is 0 Å². The van der Waals surface area contributed by atoms with Crippen LogP contribution in [0.15, 0.2) is 4.42 Å². The highest BCUT2D eigenvalue weighted by Gasteiger charge is 2.05. The van der Waals surface area contributed by atoms with Gasteiger partial charge in [0.1, 0.15) is 5.76 Å². The van der Waals surface area contributed by atoms with E-state index in [4.69, 9.17) is 4.42 Å². The molecule has 12 heavy (non-hydrogen) atoms. The van der Waals surface area contributed by atoms with Crippen LogP contribution in [0, 0.1) is 13.8 Å². The summed E-state index contributed by atoms with van der Waals surface area (Å²) < 4.78 is 5.39. The van der Waals surface area contributed by atoms with Crippen molar-refractivity contribution in [2.75, 3.05) is 0 Å². The van der Waals surface area contributed by atoms with Crippen LogP contribution in [0.2, 0.25) is 0 Å². The van der Waals surface area contributed by atoms with Gasteiger partial charge in [0.2, 0.25) is 0 Å². The molecule has 0 amide bonds. The molecular weight excluding hydrogens is 152 g/mol. The summed E-state index contributed by atoms with van der Waals surface area (Å²) in [5, 5.41) is 3.28. The summed E-state index contributed by atoms with van der Waals surface area (Å²) in [4.78, 5) is 4.18. The number of nitrogens with zero attached hydrogens (tertiary/aromatic N) is 1. The van der Waals surface area contributed by atoms with E-state index in [0.29, 0.717) is 6.04 Å². The van der Waals surface area contributed by atoms with Crippen molar-refractivity contribution in [1.82, 2.24) is 10.3 Å². The van der Waals surface area contributed by atoms with Crippen molar-refractivity contribution in [3.8, 4) is 0 Å². The van der Waals surface area contributed by atoms with Gasteiger partial charge in [0.05, 0.1) is 12.2 Å². The molecule has 3 nitrogen and oxygen atoms in total. The minimum Gasteiger partial charge on any atom is -0.444 e. The average Bonchev–Trinajstić information content (AvgIpc) is 2.26. The van der Waals surface area contributed by atoms with Crippen LogP contribution in [0.25, 0.3) is 0 Å². The molecular formula is C9H16N2O. The van der Waals surface area contributed by atoms with E-state index in [9.17, 15) is 0 Å². The summed E-state index contributed by atoms with van der Waals surface area (Å²) >= 11 is 0. The third-order valence-corrected chi connectivity index (χ3v) is 1.67. The molecule has 0 aliphatic rings. The van der Waals surface area contributed by atoms with Crippen molar-refractivity contribution in [3.63, 3.8) is 0 Å². The summed E-state index contributed by atoms with van der Waals surface area (Å²) in [7, 11) is 0. The molecule has 0 saturated heterocycles. The van der Waals surface area contributed by atoms with Gasteiger partial charge in [0, 0.05) is 13.0 Å². The zero-order valence-electron chi connectivity index (χ0n) is 8.14. The Labute approximate surface area is 73.2 Å². The van der Waals surface area contributed by atoms with Gasteiger partial charge in [-0.1, -0.05) is 13.8 Å². The van der Waals surface area contributed by atoms with Gasteiger partial charge in [0.25, 0.3) is 0 Å². The second-order valence-electron chi connectivity index (χ2n) is 3.28. The third kappa shape index (κ3) is 2.34. The average molecular weight is 168 g/mol. The molecule has 0 aliphatic heterocycles. The number of hydrogen-bond acceptors (Lipinski definition) is 3. The molecule has 3 heteroatoms. The SMILES string of the molecule is Cc1nc(C)c(CNC(C)C)o1. The first-order valence-electron chi connectivity index (χ1n) is 4.26. The number of rotatable bonds is 3. The maximum atomic E-state index is 5.39. The van der Waals surface area contributed by atoms with Gasteiger partial charge in [-0.15, -0.1) is 0 Å². The van der Waals surface area contributed by atoms with Crippen molar-refractivity contribution in [3.05, 3.63) is 17.3 Å². The van der Waals surface area contributed by atoms with E-state index in [1.807, 2.05) is 13.8 Å². The van der Waals surface area contributed by atoms with Crippen molar-refractivity contribution in [1.29, 1.82) is 0 Å². The predicted molar refractivity (Wildman–Crippen MR) is 48.0 cm³/mol. The minimum atomic E-state index is 0.481. The van der Waals surface area contributed by atoms with Crippen LogP contribution in [0.3, 0.4) is 0 Å². The molecule has 0 saturated carbocycles. The van der Waals surface area contributed by atoms with Crippen molar-refractivity contribution >= 4 is 0 Å². The molecule has 0 atom stereocenters. The maximum Gasteiger partial charge on any atom is 0.191 e. The Bertz CT molecular complexity index is 253. The monoisotopic (exact) mass is 168 g/mol. The quantitative estimate of drug-likeness (QED) is 0.747. The second-order valence-corrected chi connectivity index (χ2v) is 3.28. The molecule has 0 aliphatic carbocycles. The number of oxazole rings is 1. The summed E-state index contributed by atoms with van der Waals surface area (Å²) in [6, 6.07) is 0.481. The normalized spacial score (nSPS) is 11.1. The largest absolute Gasteiger partial charge is 0.444 e. The fraction of sp³-hybridized carbons (Fsp3) is 0.667. The zero-order valence-corrected chi connectivity index (χ0v) is 8.14. The lowest BCUT2D eigenvalue weighted by molar-refractivity contribution is 0.441. The first kappa shape index (κ1) is 9.26. The molecule has 1 heterocycles. The fourth-order valence-electron chi connectivity index (χ4n) is 1.03. The van der Waals surface area contributed by atoms with E-state index in [0.717, 1.165) is 23.9 Å². The van der Waals surface area contributed by atoms with E-state index in [2.05, 4.69) is 24.1 Å². The van der Waals surface area contributed by atoms with Gasteiger partial charge in [-0.2, -0.15) is 0 Å². The molecule has 1 N–H and O–H groups in total. The van der Waals surface area contributed by atoms with E-state index < -0.39 is 0 Å². The Balaban J connectivity index is 2.57. The molecule has 1 aromatic heterocycles. The van der Waals surface area contributed by atoms with Crippen LogP contribution in [0.4, 0.5) is 0 Å². The van der Waals surface area contributed by atoms with Crippen molar-refractivity contribution in [2.24, 2.45) is 0 Å². The van der Waals surface area contributed by atoms with Gasteiger partial charge in [0.15, 0.2) is 5.89 Å². The zero-order chi connectivity index (χ0) is 9.14. The summed E-state index contributed by atoms with van der Waals surface area (Å²) in [6.07, 6.45) is 0. The highest BCUT2D eigenvalue weighted by atomic mass is 16.4. The Morgan fingerprint density at radius 3 is 2.50 bits per heavy atom. The molecule has 0 spiro atoms. The van der Waals surface area contributed by atoms with Crippen LogP contribution >= 0.6 is 0 Å². The van der Waals surface area contributed by atoms with Crippen LogP contribution < -0.4 is 5.32 Å². The van der Waals surface area contributed by atoms with Crippen LogP contribution in [-0.2, 0) is 6.54 Å². The highest BCUT2D eigenvalue weighted by Crippen LogP contribution is 2.08. The predicted octanol–water partition coefficient (Wildman–Crippen LogP) is 1.79. The molecule has 0 unspecified atom stereocenters. The van der Waals surface area contributed by atoms with E-state index in [1.165, 1.54) is 0 Å². The molecule has 68 valence electrons. The van der Waals surface area contributed by atoms with Gasteiger partial charge in [-0.25, -0.2) is 4.98 Å². The second kappa shape index (κ2) is 3.72. The topological polar surface area (TPSA) is 38.1 Å². The Morgan fingerprint density at radius 1 is 1.42 bits per heavy atom. The molecule has 1 aromatic rings. The lowest BCUT2D eigenvalue weighted by Gasteiger charge is -2.05. The minimum absolute atomic E-state index is 0.481. The summed E-state index contributed by atoms with van der Waals surface area (Å²) in [6.45, 7) is 8.82.